The van der Waals surface area contributed by atoms with E-state index in [9.17, 15) is 5.11 Å². The van der Waals surface area contributed by atoms with Gasteiger partial charge in [0.2, 0.25) is 0 Å². The number of aliphatic hydroxyl groups excluding tert-OH is 1. The fraction of sp³-hybridized carbons (Fsp3) is 1.00. The summed E-state index contributed by atoms with van der Waals surface area (Å²) in [6, 6.07) is 0. The van der Waals surface area contributed by atoms with E-state index in [4.69, 9.17) is 5.11 Å². The summed E-state index contributed by atoms with van der Waals surface area (Å²) in [6.07, 6.45) is 11.1. The van der Waals surface area contributed by atoms with Crippen molar-refractivity contribution >= 4 is 0 Å². The molecule has 0 radical (unpaired) electrons. The molecule has 0 aromatic carbocycles. The van der Waals surface area contributed by atoms with Gasteiger partial charge in [-0.15, -0.1) is 0 Å². The van der Waals surface area contributed by atoms with E-state index in [1.165, 1.54) is 19.3 Å². The molecule has 0 saturated heterocycles. The number of nitrogens with one attached hydrogen (secondary N) is 1. The van der Waals surface area contributed by atoms with E-state index in [0.29, 0.717) is 6.61 Å². The van der Waals surface area contributed by atoms with Gasteiger partial charge in [-0.05, 0) is 45.1 Å². The molecule has 1 aliphatic carbocycles. The molecule has 0 heterocycles. The first kappa shape index (κ1) is 13.9. The third-order valence-electron chi connectivity index (χ3n) is 3.47. The van der Waals surface area contributed by atoms with E-state index < -0.39 is 5.72 Å². The van der Waals surface area contributed by atoms with E-state index in [0.717, 1.165) is 51.5 Å². The number of hydrogen-bond donors (Lipinski definition) is 3. The van der Waals surface area contributed by atoms with Gasteiger partial charge in [0.15, 0.2) is 0 Å². The molecule has 3 heteroatoms. The van der Waals surface area contributed by atoms with Crippen molar-refractivity contribution in [3.8, 4) is 0 Å². The first-order chi connectivity index (χ1) is 7.77. The quantitative estimate of drug-likeness (QED) is 0.419. The van der Waals surface area contributed by atoms with E-state index in [1.807, 2.05) is 0 Å². The minimum Gasteiger partial charge on any atom is -0.396 e. The maximum atomic E-state index is 10.0. The summed E-state index contributed by atoms with van der Waals surface area (Å²) in [4.78, 5) is 0. The summed E-state index contributed by atoms with van der Waals surface area (Å²) in [5.74, 6) is 0. The Morgan fingerprint density at radius 3 is 2.06 bits per heavy atom. The van der Waals surface area contributed by atoms with E-state index in [-0.39, 0.29) is 0 Å². The predicted molar refractivity (Wildman–Crippen MR) is 66.2 cm³/mol. The molecular formula is C13H27NO2. The van der Waals surface area contributed by atoms with Gasteiger partial charge in [-0.3, -0.25) is 5.32 Å². The largest absolute Gasteiger partial charge is 0.396 e. The molecule has 1 rings (SSSR count). The van der Waals surface area contributed by atoms with Crippen LogP contribution < -0.4 is 5.32 Å². The van der Waals surface area contributed by atoms with E-state index >= 15 is 0 Å². The first-order valence-corrected chi connectivity index (χ1v) is 6.85. The Balaban J connectivity index is 1.84. The minimum absolute atomic E-state index is 0.328. The van der Waals surface area contributed by atoms with Crippen molar-refractivity contribution in [3.63, 3.8) is 0 Å². The van der Waals surface area contributed by atoms with Gasteiger partial charge in [0, 0.05) is 6.61 Å². The van der Waals surface area contributed by atoms with Crippen LogP contribution in [-0.2, 0) is 0 Å². The molecule has 0 aromatic heterocycles. The molecule has 0 aromatic rings. The molecule has 16 heavy (non-hydrogen) atoms. The SMILES string of the molecule is OCCCCCCCCNC1(O)CCCC1. The highest BCUT2D eigenvalue weighted by molar-refractivity contribution is 4.81. The van der Waals surface area contributed by atoms with Gasteiger partial charge < -0.3 is 10.2 Å². The molecular weight excluding hydrogens is 202 g/mol. The molecule has 0 aliphatic heterocycles. The summed E-state index contributed by atoms with van der Waals surface area (Å²) in [5.41, 5.74) is -0.545. The van der Waals surface area contributed by atoms with Gasteiger partial charge in [0.1, 0.15) is 5.72 Å². The van der Waals surface area contributed by atoms with Crippen molar-refractivity contribution in [3.05, 3.63) is 0 Å². The van der Waals surface area contributed by atoms with Crippen molar-refractivity contribution in [1.29, 1.82) is 0 Å². The first-order valence-electron chi connectivity index (χ1n) is 6.85. The fourth-order valence-corrected chi connectivity index (χ4v) is 2.40. The zero-order chi connectivity index (χ0) is 11.7. The van der Waals surface area contributed by atoms with Crippen molar-refractivity contribution in [2.75, 3.05) is 13.2 Å². The Morgan fingerprint density at radius 1 is 0.875 bits per heavy atom. The summed E-state index contributed by atoms with van der Waals surface area (Å²) in [6.45, 7) is 1.27. The van der Waals surface area contributed by atoms with Crippen LogP contribution in [0.3, 0.4) is 0 Å². The predicted octanol–water partition coefficient (Wildman–Crippen LogP) is 2.17. The Hall–Kier alpha value is -0.120. The van der Waals surface area contributed by atoms with Crippen molar-refractivity contribution in [1.82, 2.24) is 5.32 Å². The number of rotatable bonds is 9. The van der Waals surface area contributed by atoms with Crippen LogP contribution in [0, 0.1) is 0 Å². The van der Waals surface area contributed by atoms with Crippen molar-refractivity contribution < 1.29 is 10.2 Å². The molecule has 3 N–H and O–H groups in total. The molecule has 1 fully saturated rings. The Bertz CT molecular complexity index is 167. The van der Waals surface area contributed by atoms with Gasteiger partial charge in [-0.2, -0.15) is 0 Å². The second kappa shape index (κ2) is 8.04. The lowest BCUT2D eigenvalue weighted by Crippen LogP contribution is -2.42. The van der Waals surface area contributed by atoms with Crippen molar-refractivity contribution in [2.24, 2.45) is 0 Å². The molecule has 1 aliphatic rings. The molecule has 3 nitrogen and oxygen atoms in total. The van der Waals surface area contributed by atoms with Gasteiger partial charge in [0.05, 0.1) is 0 Å². The second-order valence-electron chi connectivity index (χ2n) is 5.01. The number of hydrogen-bond acceptors (Lipinski definition) is 3. The normalized spacial score (nSPS) is 19.1. The van der Waals surface area contributed by atoms with Crippen molar-refractivity contribution in [2.45, 2.75) is 69.9 Å². The molecule has 96 valence electrons. The molecule has 0 atom stereocenters. The van der Waals surface area contributed by atoms with E-state index in [2.05, 4.69) is 5.32 Å². The van der Waals surface area contributed by atoms with E-state index in [1.54, 1.807) is 0 Å². The lowest BCUT2D eigenvalue weighted by Gasteiger charge is -2.23. The summed E-state index contributed by atoms with van der Waals surface area (Å²) in [5, 5.41) is 21.9. The zero-order valence-corrected chi connectivity index (χ0v) is 10.4. The van der Waals surface area contributed by atoms with Crippen LogP contribution >= 0.6 is 0 Å². The maximum Gasteiger partial charge on any atom is 0.116 e. The van der Waals surface area contributed by atoms with Crippen LogP contribution in [0.5, 0.6) is 0 Å². The van der Waals surface area contributed by atoms with Crippen LogP contribution in [-0.4, -0.2) is 29.1 Å². The average molecular weight is 229 g/mol. The van der Waals surface area contributed by atoms with Gasteiger partial charge in [0.25, 0.3) is 0 Å². The van der Waals surface area contributed by atoms with Crippen LogP contribution in [0.15, 0.2) is 0 Å². The highest BCUT2D eigenvalue weighted by atomic mass is 16.3. The van der Waals surface area contributed by atoms with Gasteiger partial charge in [-0.1, -0.05) is 25.7 Å². The molecule has 1 saturated carbocycles. The third-order valence-corrected chi connectivity index (χ3v) is 3.47. The Morgan fingerprint density at radius 2 is 1.44 bits per heavy atom. The summed E-state index contributed by atoms with van der Waals surface area (Å²) < 4.78 is 0. The van der Waals surface area contributed by atoms with Crippen LogP contribution in [0.4, 0.5) is 0 Å². The Kier molecular flexibility index (Phi) is 7.01. The summed E-state index contributed by atoms with van der Waals surface area (Å²) in [7, 11) is 0. The zero-order valence-electron chi connectivity index (χ0n) is 10.4. The van der Waals surface area contributed by atoms with Crippen LogP contribution in [0.25, 0.3) is 0 Å². The third kappa shape index (κ3) is 5.83. The lowest BCUT2D eigenvalue weighted by atomic mass is 10.1. The Labute approximate surface area is 99.3 Å². The highest BCUT2D eigenvalue weighted by Gasteiger charge is 2.29. The second-order valence-corrected chi connectivity index (χ2v) is 5.01. The molecule has 0 unspecified atom stereocenters. The lowest BCUT2D eigenvalue weighted by molar-refractivity contribution is 0.0123. The number of unbranched alkanes of at least 4 members (excludes halogenated alkanes) is 5. The standard InChI is InChI=1S/C13H27NO2/c15-12-8-4-2-1-3-7-11-14-13(16)9-5-6-10-13/h14-16H,1-12H2. The number of aliphatic hydroxyl groups is 2. The summed E-state index contributed by atoms with van der Waals surface area (Å²) >= 11 is 0. The van der Waals surface area contributed by atoms with Crippen LogP contribution in [0.2, 0.25) is 0 Å². The highest BCUT2D eigenvalue weighted by Crippen LogP contribution is 2.26. The monoisotopic (exact) mass is 229 g/mol. The minimum atomic E-state index is -0.545. The smallest absolute Gasteiger partial charge is 0.116 e. The topological polar surface area (TPSA) is 52.5 Å². The molecule has 0 bridgehead atoms. The maximum absolute atomic E-state index is 10.0. The van der Waals surface area contributed by atoms with Gasteiger partial charge >= 0.3 is 0 Å². The molecule has 0 amide bonds. The van der Waals surface area contributed by atoms with Gasteiger partial charge in [-0.25, -0.2) is 0 Å². The average Bonchev–Trinajstić information content (AvgIpc) is 2.70. The molecule has 0 spiro atoms. The van der Waals surface area contributed by atoms with Crippen LogP contribution in [0.1, 0.15) is 64.2 Å². The fourth-order valence-electron chi connectivity index (χ4n) is 2.40.